The smallest absolute Gasteiger partial charge is 0.329 e. The molecule has 0 bridgehead atoms. The standard InChI is InChI=1S/C13H19N3O4S/c17-12(18)9-20-10-2-6-16(7-3-10)13(19)15-4-1-11-14-5-8-21-11/h5,8,10H,1-4,6-7,9H2,(H,15,19)(H,17,18). The number of carbonyl (C=O) groups is 2. The zero-order valence-electron chi connectivity index (χ0n) is 11.7. The Labute approximate surface area is 126 Å². The first-order chi connectivity index (χ1) is 10.1. The SMILES string of the molecule is O=C(O)COC1CCN(C(=O)NCCc2nccs2)CC1. The highest BCUT2D eigenvalue weighted by atomic mass is 32.1. The number of amides is 2. The van der Waals surface area contributed by atoms with Crippen LogP contribution in [-0.4, -0.2) is 59.3 Å². The Bertz CT molecular complexity index is 458. The highest BCUT2D eigenvalue weighted by Gasteiger charge is 2.23. The van der Waals surface area contributed by atoms with Crippen LogP contribution in [0.5, 0.6) is 0 Å². The monoisotopic (exact) mass is 313 g/mol. The van der Waals surface area contributed by atoms with E-state index in [4.69, 9.17) is 9.84 Å². The van der Waals surface area contributed by atoms with E-state index in [1.807, 2.05) is 5.38 Å². The summed E-state index contributed by atoms with van der Waals surface area (Å²) in [5, 5.41) is 14.4. The third-order valence-electron chi connectivity index (χ3n) is 3.27. The van der Waals surface area contributed by atoms with Crippen molar-refractivity contribution in [2.45, 2.75) is 25.4 Å². The Morgan fingerprint density at radius 2 is 2.24 bits per heavy atom. The van der Waals surface area contributed by atoms with E-state index < -0.39 is 5.97 Å². The summed E-state index contributed by atoms with van der Waals surface area (Å²) in [4.78, 5) is 28.3. The average molecular weight is 313 g/mol. The van der Waals surface area contributed by atoms with Gasteiger partial charge < -0.3 is 20.1 Å². The van der Waals surface area contributed by atoms with Gasteiger partial charge >= 0.3 is 12.0 Å². The summed E-state index contributed by atoms with van der Waals surface area (Å²) in [6, 6.07) is -0.0803. The first-order valence-electron chi connectivity index (χ1n) is 6.89. The van der Waals surface area contributed by atoms with Crippen molar-refractivity contribution in [3.05, 3.63) is 16.6 Å². The van der Waals surface area contributed by atoms with Crippen LogP contribution in [-0.2, 0) is 16.0 Å². The van der Waals surface area contributed by atoms with Gasteiger partial charge in [0.15, 0.2) is 0 Å². The van der Waals surface area contributed by atoms with Crippen molar-refractivity contribution >= 4 is 23.3 Å². The number of likely N-dealkylation sites (tertiary alicyclic amines) is 1. The number of rotatable bonds is 6. The highest BCUT2D eigenvalue weighted by Crippen LogP contribution is 2.13. The zero-order chi connectivity index (χ0) is 15.1. The van der Waals surface area contributed by atoms with E-state index in [0.29, 0.717) is 32.5 Å². The number of nitrogens with zero attached hydrogens (tertiary/aromatic N) is 2. The molecule has 1 fully saturated rings. The van der Waals surface area contributed by atoms with Gasteiger partial charge in [-0.05, 0) is 12.8 Å². The molecule has 2 N–H and O–H groups in total. The van der Waals surface area contributed by atoms with Gasteiger partial charge in [-0.25, -0.2) is 14.6 Å². The minimum Gasteiger partial charge on any atom is -0.480 e. The summed E-state index contributed by atoms with van der Waals surface area (Å²) < 4.78 is 5.24. The average Bonchev–Trinajstić information content (AvgIpc) is 2.99. The molecule has 1 aromatic heterocycles. The molecular formula is C13H19N3O4S. The van der Waals surface area contributed by atoms with Gasteiger partial charge in [0.05, 0.1) is 11.1 Å². The number of carbonyl (C=O) groups excluding carboxylic acids is 1. The van der Waals surface area contributed by atoms with Crippen LogP contribution in [0.1, 0.15) is 17.8 Å². The zero-order valence-corrected chi connectivity index (χ0v) is 12.5. The molecule has 21 heavy (non-hydrogen) atoms. The molecule has 0 aliphatic carbocycles. The second-order valence-electron chi connectivity index (χ2n) is 4.80. The maximum atomic E-state index is 12.0. The van der Waals surface area contributed by atoms with E-state index in [0.717, 1.165) is 11.4 Å². The van der Waals surface area contributed by atoms with Crippen molar-refractivity contribution in [1.29, 1.82) is 0 Å². The van der Waals surface area contributed by atoms with Gasteiger partial charge in [0.1, 0.15) is 6.61 Å². The highest BCUT2D eigenvalue weighted by molar-refractivity contribution is 7.09. The predicted octanol–water partition coefficient (Wildman–Crippen LogP) is 0.961. The number of hydrogen-bond donors (Lipinski definition) is 2. The Hall–Kier alpha value is -1.67. The number of carboxylic acid groups (broad SMARTS) is 1. The van der Waals surface area contributed by atoms with E-state index in [1.165, 1.54) is 0 Å². The lowest BCUT2D eigenvalue weighted by atomic mass is 10.1. The molecule has 1 aliphatic heterocycles. The Morgan fingerprint density at radius 1 is 1.48 bits per heavy atom. The summed E-state index contributed by atoms with van der Waals surface area (Å²) in [5.41, 5.74) is 0. The van der Waals surface area contributed by atoms with E-state index in [-0.39, 0.29) is 18.7 Å². The molecule has 1 aliphatic rings. The number of carboxylic acids is 1. The van der Waals surface area contributed by atoms with Crippen molar-refractivity contribution in [3.63, 3.8) is 0 Å². The Morgan fingerprint density at radius 3 is 2.86 bits per heavy atom. The summed E-state index contributed by atoms with van der Waals surface area (Å²) in [6.07, 6.45) is 3.77. The number of thiazole rings is 1. The fourth-order valence-corrected chi connectivity index (χ4v) is 2.80. The third-order valence-corrected chi connectivity index (χ3v) is 4.11. The van der Waals surface area contributed by atoms with Crippen LogP contribution >= 0.6 is 11.3 Å². The lowest BCUT2D eigenvalue weighted by molar-refractivity contribution is -0.145. The molecular weight excluding hydrogens is 294 g/mol. The van der Waals surface area contributed by atoms with Gasteiger partial charge in [0.25, 0.3) is 0 Å². The molecule has 0 spiro atoms. The third kappa shape index (κ3) is 5.31. The van der Waals surface area contributed by atoms with E-state index >= 15 is 0 Å². The summed E-state index contributed by atoms with van der Waals surface area (Å²) in [6.45, 7) is 1.48. The molecule has 1 aromatic rings. The van der Waals surface area contributed by atoms with Gasteiger partial charge in [0.2, 0.25) is 0 Å². The van der Waals surface area contributed by atoms with Crippen LogP contribution in [0.15, 0.2) is 11.6 Å². The molecule has 116 valence electrons. The molecule has 0 radical (unpaired) electrons. The minimum atomic E-state index is -0.961. The molecule has 0 unspecified atom stereocenters. The number of hydrogen-bond acceptors (Lipinski definition) is 5. The maximum absolute atomic E-state index is 12.0. The van der Waals surface area contributed by atoms with Crippen molar-refractivity contribution < 1.29 is 19.4 Å². The molecule has 7 nitrogen and oxygen atoms in total. The van der Waals surface area contributed by atoms with Gasteiger partial charge in [-0.2, -0.15) is 0 Å². The van der Waals surface area contributed by atoms with Gasteiger partial charge in [-0.15, -0.1) is 11.3 Å². The minimum absolute atomic E-state index is 0.0690. The predicted molar refractivity (Wildman–Crippen MR) is 77.4 cm³/mol. The van der Waals surface area contributed by atoms with Crippen molar-refractivity contribution in [3.8, 4) is 0 Å². The topological polar surface area (TPSA) is 91.8 Å². The summed E-state index contributed by atoms with van der Waals surface area (Å²) in [5.74, 6) is -0.961. The fourth-order valence-electron chi connectivity index (χ4n) is 2.18. The second kappa shape index (κ2) is 7.94. The molecule has 0 saturated carbocycles. The first-order valence-corrected chi connectivity index (χ1v) is 7.77. The van der Waals surface area contributed by atoms with Gasteiger partial charge in [-0.3, -0.25) is 0 Å². The lowest BCUT2D eigenvalue weighted by Gasteiger charge is -2.31. The first kappa shape index (κ1) is 15.7. The number of piperidine rings is 1. The van der Waals surface area contributed by atoms with Crippen molar-refractivity contribution in [2.24, 2.45) is 0 Å². The normalized spacial score (nSPS) is 15.9. The lowest BCUT2D eigenvalue weighted by Crippen LogP contribution is -2.46. The molecule has 2 amide bonds. The van der Waals surface area contributed by atoms with Crippen LogP contribution in [0, 0.1) is 0 Å². The molecule has 2 rings (SSSR count). The maximum Gasteiger partial charge on any atom is 0.329 e. The Balaban J connectivity index is 1.62. The van der Waals surface area contributed by atoms with Crippen LogP contribution in [0.4, 0.5) is 4.79 Å². The number of aromatic nitrogens is 1. The van der Waals surface area contributed by atoms with E-state index in [2.05, 4.69) is 10.3 Å². The number of nitrogens with one attached hydrogen (secondary N) is 1. The Kier molecular flexibility index (Phi) is 5.94. The van der Waals surface area contributed by atoms with Crippen molar-refractivity contribution in [1.82, 2.24) is 15.2 Å². The summed E-state index contributed by atoms with van der Waals surface area (Å²) in [7, 11) is 0. The van der Waals surface area contributed by atoms with Gasteiger partial charge in [0, 0.05) is 37.6 Å². The quantitative estimate of drug-likeness (QED) is 0.816. The molecule has 8 heteroatoms. The molecule has 0 atom stereocenters. The van der Waals surface area contributed by atoms with Crippen LogP contribution in [0.3, 0.4) is 0 Å². The van der Waals surface area contributed by atoms with Crippen molar-refractivity contribution in [2.75, 3.05) is 26.2 Å². The summed E-state index contributed by atoms with van der Waals surface area (Å²) >= 11 is 1.58. The second-order valence-corrected chi connectivity index (χ2v) is 5.78. The number of urea groups is 1. The number of ether oxygens (including phenoxy) is 1. The molecule has 2 heterocycles. The van der Waals surface area contributed by atoms with Crippen LogP contribution in [0.2, 0.25) is 0 Å². The number of aliphatic carboxylic acids is 1. The van der Waals surface area contributed by atoms with Crippen LogP contribution < -0.4 is 5.32 Å². The van der Waals surface area contributed by atoms with E-state index in [9.17, 15) is 9.59 Å². The van der Waals surface area contributed by atoms with Crippen LogP contribution in [0.25, 0.3) is 0 Å². The molecule has 1 saturated heterocycles. The fraction of sp³-hybridized carbons (Fsp3) is 0.615. The van der Waals surface area contributed by atoms with E-state index in [1.54, 1.807) is 22.4 Å². The van der Waals surface area contributed by atoms with Gasteiger partial charge in [-0.1, -0.05) is 0 Å². The largest absolute Gasteiger partial charge is 0.480 e. The molecule has 0 aromatic carbocycles.